The van der Waals surface area contributed by atoms with E-state index in [0.717, 1.165) is 37.4 Å². The summed E-state index contributed by atoms with van der Waals surface area (Å²) < 4.78 is 4.62. The molecule has 0 aliphatic carbocycles. The van der Waals surface area contributed by atoms with E-state index in [9.17, 15) is 4.79 Å². The molecule has 114 valence electrons. The molecule has 0 amide bonds. The van der Waals surface area contributed by atoms with E-state index in [4.69, 9.17) is 22.6 Å². The molecule has 0 saturated carbocycles. The van der Waals surface area contributed by atoms with Crippen molar-refractivity contribution in [2.45, 2.75) is 12.5 Å². The van der Waals surface area contributed by atoms with Gasteiger partial charge >= 0.3 is 35.5 Å². The molecular weight excluding hydrogens is 330 g/mol. The molecule has 2 heterocycles. The number of anilines is 1. The summed E-state index contributed by atoms with van der Waals surface area (Å²) in [6.07, 6.45) is 0.321. The first-order valence-corrected chi connectivity index (χ1v) is 9.66. The van der Waals surface area contributed by atoms with Crippen LogP contribution in [0.15, 0.2) is 24.3 Å². The third-order valence-electron chi connectivity index (χ3n) is 3.59. The van der Waals surface area contributed by atoms with Gasteiger partial charge in [0.05, 0.1) is 0 Å². The van der Waals surface area contributed by atoms with Crippen LogP contribution in [0.1, 0.15) is 5.56 Å². The molecule has 2 aliphatic rings. The van der Waals surface area contributed by atoms with Crippen molar-refractivity contribution in [2.75, 3.05) is 31.3 Å². The Balaban J connectivity index is 0.00000176. The second-order valence-electron chi connectivity index (χ2n) is 5.41. The first-order valence-electron chi connectivity index (χ1n) is 6.95. The summed E-state index contributed by atoms with van der Waals surface area (Å²) in [4.78, 5) is 10.8. The molecule has 0 bridgehead atoms. The molecule has 4 N–H and O–H groups in total. The molecule has 2 saturated heterocycles. The van der Waals surface area contributed by atoms with Crippen LogP contribution in [-0.2, 0) is 23.0 Å². The molecule has 0 radical (unpaired) electrons. The fraction of sp³-hybridized carbons (Fsp3) is 0.462. The number of carbonyl (C=O) groups is 1. The van der Waals surface area contributed by atoms with E-state index >= 15 is 0 Å². The van der Waals surface area contributed by atoms with Crippen LogP contribution < -0.4 is 40.4 Å². The van der Waals surface area contributed by atoms with Crippen LogP contribution in [0.5, 0.6) is 0 Å². The predicted octanol–water partition coefficient (Wildman–Crippen LogP) is -2.09. The van der Waals surface area contributed by atoms with Crippen molar-refractivity contribution >= 4 is 30.0 Å². The van der Waals surface area contributed by atoms with E-state index in [-0.39, 0.29) is 29.6 Å². The topological polar surface area (TPSA) is 81.4 Å². The van der Waals surface area contributed by atoms with Gasteiger partial charge in [0.15, 0.2) is 6.49 Å². The Morgan fingerprint density at radius 1 is 1.36 bits per heavy atom. The van der Waals surface area contributed by atoms with Gasteiger partial charge in [0.25, 0.3) is 0 Å². The van der Waals surface area contributed by atoms with Gasteiger partial charge in [-0.3, -0.25) is 4.79 Å². The van der Waals surface area contributed by atoms with E-state index in [0.29, 0.717) is 6.42 Å². The second kappa shape index (κ2) is 7.28. The molecule has 0 aromatic heterocycles. The number of carboxylic acids is 1. The zero-order valence-corrected chi connectivity index (χ0v) is 16.3. The third kappa shape index (κ3) is 4.30. The summed E-state index contributed by atoms with van der Waals surface area (Å²) >= 11 is 5.86. The van der Waals surface area contributed by atoms with Crippen molar-refractivity contribution in [1.82, 2.24) is 9.34 Å². The van der Waals surface area contributed by atoms with Crippen molar-refractivity contribution in [3.8, 4) is 0 Å². The average molecular weight is 349 g/mol. The van der Waals surface area contributed by atoms with Crippen LogP contribution in [0.25, 0.3) is 0 Å². The SMILES string of the molecule is NC(Cc1cccc(NP(=S)(N2CC2)N2CC2)c1)C(=O)O.[Na+]. The van der Waals surface area contributed by atoms with Crippen LogP contribution in [-0.4, -0.2) is 52.6 Å². The van der Waals surface area contributed by atoms with Gasteiger partial charge in [-0.25, -0.2) is 9.34 Å². The van der Waals surface area contributed by atoms with E-state index in [1.165, 1.54) is 0 Å². The van der Waals surface area contributed by atoms with Crippen molar-refractivity contribution in [1.29, 1.82) is 0 Å². The van der Waals surface area contributed by atoms with Crippen LogP contribution in [0, 0.1) is 0 Å². The number of nitrogens with two attached hydrogens (primary N) is 1. The van der Waals surface area contributed by atoms with Crippen LogP contribution in [0.2, 0.25) is 0 Å². The minimum atomic E-state index is -1.83. The summed E-state index contributed by atoms with van der Waals surface area (Å²) in [6.45, 7) is 2.41. The molecule has 1 aromatic carbocycles. The molecule has 2 aliphatic heterocycles. The van der Waals surface area contributed by atoms with Gasteiger partial charge in [0.1, 0.15) is 6.04 Å². The molecule has 0 spiro atoms. The van der Waals surface area contributed by atoms with Crippen molar-refractivity contribution in [2.24, 2.45) is 5.73 Å². The molecular formula is C13H19N4NaO2PS+. The predicted molar refractivity (Wildman–Crippen MR) is 86.8 cm³/mol. The van der Waals surface area contributed by atoms with Crippen molar-refractivity contribution in [3.05, 3.63) is 29.8 Å². The summed E-state index contributed by atoms with van der Waals surface area (Å²) in [5.41, 5.74) is 7.45. The molecule has 1 atom stereocenters. The van der Waals surface area contributed by atoms with Gasteiger partial charge in [-0.1, -0.05) is 12.1 Å². The first kappa shape index (κ1) is 18.4. The van der Waals surface area contributed by atoms with E-state index in [1.807, 2.05) is 24.3 Å². The Morgan fingerprint density at radius 2 is 1.95 bits per heavy atom. The monoisotopic (exact) mass is 349 g/mol. The number of aliphatic carboxylic acids is 1. The van der Waals surface area contributed by atoms with Gasteiger partial charge in [-0.2, -0.15) is 0 Å². The molecule has 3 rings (SSSR count). The smallest absolute Gasteiger partial charge is 0.480 e. The average Bonchev–Trinajstić information content (AvgIpc) is 3.30. The second-order valence-corrected chi connectivity index (χ2v) is 9.38. The van der Waals surface area contributed by atoms with E-state index < -0.39 is 18.5 Å². The molecule has 9 heteroatoms. The van der Waals surface area contributed by atoms with Crippen LogP contribution >= 0.6 is 6.49 Å². The largest absolute Gasteiger partial charge is 1.00 e. The van der Waals surface area contributed by atoms with Gasteiger partial charge in [-0.15, -0.1) is 0 Å². The summed E-state index contributed by atoms with van der Waals surface area (Å²) in [5.74, 6) is -0.980. The Morgan fingerprint density at radius 3 is 2.45 bits per heavy atom. The Bertz CT molecular complexity index is 593. The van der Waals surface area contributed by atoms with Gasteiger partial charge in [-0.05, 0) is 35.9 Å². The maximum Gasteiger partial charge on any atom is 1.00 e. The number of hydrogen-bond donors (Lipinski definition) is 3. The molecule has 1 unspecified atom stereocenters. The Hall–Kier alpha value is 0.0200. The maximum absolute atomic E-state index is 10.8. The fourth-order valence-electron chi connectivity index (χ4n) is 2.23. The number of benzene rings is 1. The zero-order chi connectivity index (χ0) is 15.0. The number of hydrogen-bond acceptors (Lipinski definition) is 3. The van der Waals surface area contributed by atoms with Gasteiger partial charge in [0, 0.05) is 31.9 Å². The number of rotatable bonds is 7. The number of nitrogens with one attached hydrogen (secondary N) is 1. The van der Waals surface area contributed by atoms with E-state index in [1.54, 1.807) is 0 Å². The van der Waals surface area contributed by atoms with Gasteiger partial charge < -0.3 is 15.9 Å². The normalized spacial score (nSPS) is 19.1. The van der Waals surface area contributed by atoms with Crippen LogP contribution in [0.4, 0.5) is 5.69 Å². The summed E-state index contributed by atoms with van der Waals surface area (Å²) in [5, 5.41) is 12.4. The zero-order valence-electron chi connectivity index (χ0n) is 12.6. The minimum Gasteiger partial charge on any atom is -0.480 e. The summed E-state index contributed by atoms with van der Waals surface area (Å²) in [6, 6.07) is 6.87. The quantitative estimate of drug-likeness (QED) is 0.296. The third-order valence-corrected chi connectivity index (χ3v) is 8.13. The molecule has 6 nitrogen and oxygen atoms in total. The molecule has 22 heavy (non-hydrogen) atoms. The first-order chi connectivity index (χ1) is 9.99. The van der Waals surface area contributed by atoms with Crippen molar-refractivity contribution < 1.29 is 39.5 Å². The standard InChI is InChI=1S/C13H19N4O2PS.Na/c14-12(13(18)19)9-10-2-1-3-11(8-10)15-20(21,16-4-5-16)17-6-7-17;/h1-3,8,12H,4-7,9,14H2,(H,15,21)(H,18,19);/q;+1. The van der Waals surface area contributed by atoms with E-state index in [2.05, 4.69) is 14.4 Å². The molecule has 2 fully saturated rings. The minimum absolute atomic E-state index is 0. The van der Waals surface area contributed by atoms with Crippen molar-refractivity contribution in [3.63, 3.8) is 0 Å². The summed E-state index contributed by atoms with van der Waals surface area (Å²) in [7, 11) is 0. The maximum atomic E-state index is 10.8. The van der Waals surface area contributed by atoms with Gasteiger partial charge in [0.2, 0.25) is 0 Å². The Kier molecular flexibility index (Phi) is 6.07. The number of nitrogens with zero attached hydrogens (tertiary/aromatic N) is 2. The fourth-order valence-corrected chi connectivity index (χ4v) is 5.90. The molecule has 1 aromatic rings. The number of carboxylic acid groups (broad SMARTS) is 1. The van der Waals surface area contributed by atoms with Crippen LogP contribution in [0.3, 0.4) is 0 Å². The Labute approximate surface area is 157 Å².